The summed E-state index contributed by atoms with van der Waals surface area (Å²) in [7, 11) is -2.10. The van der Waals surface area contributed by atoms with Crippen LogP contribution in [0.2, 0.25) is 0 Å². The highest BCUT2D eigenvalue weighted by molar-refractivity contribution is 8.55. The molecular weight excluding hydrogens is 488 g/mol. The van der Waals surface area contributed by atoms with Crippen molar-refractivity contribution in [3.05, 3.63) is 64.5 Å². The summed E-state index contributed by atoms with van der Waals surface area (Å²) in [6, 6.07) is 15.0. The van der Waals surface area contributed by atoms with E-state index in [9.17, 15) is 15.1 Å². The first-order chi connectivity index (χ1) is 14.8. The number of rotatable bonds is 10. The van der Waals surface area contributed by atoms with Gasteiger partial charge in [-0.2, -0.15) is 0 Å². The van der Waals surface area contributed by atoms with E-state index in [1.807, 2.05) is 25.1 Å². The van der Waals surface area contributed by atoms with Crippen molar-refractivity contribution >= 4 is 50.1 Å². The van der Waals surface area contributed by atoms with Crippen LogP contribution in [0.3, 0.4) is 0 Å². The van der Waals surface area contributed by atoms with Gasteiger partial charge in [-0.3, -0.25) is 5.09 Å². The van der Waals surface area contributed by atoms with E-state index in [2.05, 4.69) is 30.8 Å². The molecule has 0 radical (unpaired) electrons. The maximum atomic E-state index is 10.2. The summed E-state index contributed by atoms with van der Waals surface area (Å²) < 4.78 is 6.89. The highest BCUT2D eigenvalue weighted by Crippen LogP contribution is 2.51. The van der Waals surface area contributed by atoms with Gasteiger partial charge in [-0.1, -0.05) is 17.4 Å². The number of thiophene rings is 1. The van der Waals surface area contributed by atoms with Crippen LogP contribution in [0.25, 0.3) is 0 Å². The van der Waals surface area contributed by atoms with Gasteiger partial charge in [0.2, 0.25) is 8.38 Å². The highest BCUT2D eigenvalue weighted by Gasteiger charge is 2.13. The smallest absolute Gasteiger partial charge is 0.242 e. The number of benzene rings is 2. The van der Waals surface area contributed by atoms with Crippen LogP contribution >= 0.6 is 50.1 Å². The van der Waals surface area contributed by atoms with Crippen molar-refractivity contribution in [2.75, 3.05) is 13.0 Å². The molecular formula is C21H25NO4P2S3. The Morgan fingerprint density at radius 1 is 1.00 bits per heavy atom. The van der Waals surface area contributed by atoms with Crippen molar-refractivity contribution in [3.63, 3.8) is 0 Å². The zero-order valence-electron chi connectivity index (χ0n) is 17.4. The summed E-state index contributed by atoms with van der Waals surface area (Å²) in [5.41, 5.74) is 2.35. The summed E-state index contributed by atoms with van der Waals surface area (Å²) in [5, 5.41) is 22.4. The van der Waals surface area contributed by atoms with Gasteiger partial charge in [-0.15, -0.1) is 23.1 Å². The van der Waals surface area contributed by atoms with Crippen molar-refractivity contribution in [1.29, 1.82) is 0 Å². The largest absolute Gasteiger partial charge is 0.504 e. The molecule has 4 N–H and O–H groups in total. The molecule has 0 bridgehead atoms. The molecule has 1 heterocycles. The fourth-order valence-corrected chi connectivity index (χ4v) is 9.87. The number of aryl methyl sites for hydroxylation is 2. The van der Waals surface area contributed by atoms with Crippen molar-refractivity contribution in [1.82, 2.24) is 5.09 Å². The lowest BCUT2D eigenvalue weighted by molar-refractivity contribution is 0.402. The predicted molar refractivity (Wildman–Crippen MR) is 136 cm³/mol. The number of nitrogens with one attached hydrogen (secondary N) is 1. The van der Waals surface area contributed by atoms with E-state index in [1.54, 1.807) is 46.6 Å². The van der Waals surface area contributed by atoms with E-state index in [1.165, 1.54) is 20.7 Å². The van der Waals surface area contributed by atoms with Gasteiger partial charge in [0, 0.05) is 22.8 Å². The molecule has 0 aliphatic carbocycles. The molecule has 0 aliphatic heterocycles. The molecule has 2 atom stereocenters. The van der Waals surface area contributed by atoms with Crippen LogP contribution in [0.1, 0.15) is 16.0 Å². The topological polar surface area (TPSA) is 82.0 Å². The molecule has 0 spiro atoms. The molecule has 0 fully saturated rings. The second-order valence-electron chi connectivity index (χ2n) is 6.75. The minimum Gasteiger partial charge on any atom is -0.504 e. The standard InChI is InChI=1S/C21H25NO4P2S3/c1-14-4-5-16(10-15(14)2)26-28(25)13-22-27(3)31-21-9-7-18(30-21)12-29-17-6-8-19(23)20(24)11-17/h4-11,22-25H,12-13H2,1-3H3. The average Bonchev–Trinajstić information content (AvgIpc) is 3.17. The second-order valence-corrected chi connectivity index (χ2v) is 14.6. The fraction of sp³-hybridized carbons (Fsp3) is 0.238. The van der Waals surface area contributed by atoms with E-state index in [0.717, 1.165) is 16.2 Å². The van der Waals surface area contributed by atoms with E-state index in [4.69, 9.17) is 4.52 Å². The molecule has 0 saturated carbocycles. The van der Waals surface area contributed by atoms with Gasteiger partial charge in [0.15, 0.2) is 11.5 Å². The lowest BCUT2D eigenvalue weighted by atomic mass is 10.1. The molecule has 2 aromatic carbocycles. The third-order valence-corrected chi connectivity index (χ3v) is 11.4. The Bertz CT molecular complexity index is 1020. The van der Waals surface area contributed by atoms with Crippen LogP contribution in [-0.2, 0) is 5.75 Å². The summed E-state index contributed by atoms with van der Waals surface area (Å²) in [6.07, 6.45) is 0.426. The van der Waals surface area contributed by atoms with Crippen molar-refractivity contribution in [3.8, 4) is 17.2 Å². The van der Waals surface area contributed by atoms with Crippen LogP contribution in [0, 0.1) is 13.8 Å². The van der Waals surface area contributed by atoms with Crippen molar-refractivity contribution in [2.24, 2.45) is 0 Å². The maximum absolute atomic E-state index is 10.2. The molecule has 31 heavy (non-hydrogen) atoms. The monoisotopic (exact) mass is 513 g/mol. The normalized spacial score (nSPS) is 13.2. The molecule has 3 aromatic rings. The number of phenolic OH excluding ortho intramolecular Hbond substituents is 2. The maximum Gasteiger partial charge on any atom is 0.242 e. The molecule has 0 amide bonds. The minimum absolute atomic E-state index is 0.0968. The van der Waals surface area contributed by atoms with Gasteiger partial charge in [0.1, 0.15) is 5.75 Å². The first kappa shape index (κ1) is 24.7. The Labute approximate surface area is 197 Å². The van der Waals surface area contributed by atoms with Crippen molar-refractivity contribution < 1.29 is 19.6 Å². The van der Waals surface area contributed by atoms with Crippen molar-refractivity contribution in [2.45, 2.75) is 28.7 Å². The Kier molecular flexibility index (Phi) is 9.35. The lowest BCUT2D eigenvalue weighted by Crippen LogP contribution is -2.07. The quantitative estimate of drug-likeness (QED) is 0.132. The number of hydrogen-bond donors (Lipinski definition) is 4. The number of hydrogen-bond acceptors (Lipinski definition) is 8. The number of aromatic hydroxyl groups is 2. The lowest BCUT2D eigenvalue weighted by Gasteiger charge is -2.16. The van der Waals surface area contributed by atoms with Gasteiger partial charge < -0.3 is 19.6 Å². The van der Waals surface area contributed by atoms with Crippen LogP contribution in [0.15, 0.2) is 57.6 Å². The summed E-state index contributed by atoms with van der Waals surface area (Å²) in [6.45, 7) is 6.22. The first-order valence-electron chi connectivity index (χ1n) is 9.40. The van der Waals surface area contributed by atoms with Crippen LogP contribution in [-0.4, -0.2) is 28.1 Å². The van der Waals surface area contributed by atoms with Gasteiger partial charge in [-0.25, -0.2) is 0 Å². The van der Waals surface area contributed by atoms with E-state index >= 15 is 0 Å². The van der Waals surface area contributed by atoms with Gasteiger partial charge >= 0.3 is 0 Å². The zero-order valence-corrected chi connectivity index (χ0v) is 21.6. The summed E-state index contributed by atoms with van der Waals surface area (Å²) in [4.78, 5) is 12.4. The summed E-state index contributed by atoms with van der Waals surface area (Å²) >= 11 is 5.14. The third-order valence-electron chi connectivity index (χ3n) is 4.31. The molecule has 0 aliphatic rings. The minimum atomic E-state index is -1.56. The van der Waals surface area contributed by atoms with Crippen LogP contribution in [0.4, 0.5) is 0 Å². The molecule has 5 nitrogen and oxygen atoms in total. The van der Waals surface area contributed by atoms with Gasteiger partial charge in [0.25, 0.3) is 0 Å². The highest BCUT2D eigenvalue weighted by atomic mass is 32.7. The number of thioether (sulfide) groups is 1. The van der Waals surface area contributed by atoms with Crippen LogP contribution in [0.5, 0.6) is 17.2 Å². The predicted octanol–water partition coefficient (Wildman–Crippen LogP) is 7.03. The molecule has 1 aromatic heterocycles. The summed E-state index contributed by atoms with van der Waals surface area (Å²) in [5.74, 6) is 1.30. The van der Waals surface area contributed by atoms with E-state index < -0.39 is 15.6 Å². The molecule has 10 heteroatoms. The van der Waals surface area contributed by atoms with E-state index in [0.29, 0.717) is 12.0 Å². The zero-order chi connectivity index (χ0) is 22.4. The first-order valence-corrected chi connectivity index (χ1v) is 15.8. The third kappa shape index (κ3) is 7.83. The second kappa shape index (κ2) is 11.8. The Hall–Kier alpha value is -0.980. The molecule has 3 rings (SSSR count). The molecule has 2 unspecified atom stereocenters. The SMILES string of the molecule is Cc1ccc(OP(O)CNP(C)Sc2ccc(CSc3ccc(O)c(O)c3)s2)cc1C. The molecule has 0 saturated heterocycles. The Morgan fingerprint density at radius 2 is 1.81 bits per heavy atom. The van der Waals surface area contributed by atoms with E-state index in [-0.39, 0.29) is 11.5 Å². The Balaban J connectivity index is 1.42. The van der Waals surface area contributed by atoms with Gasteiger partial charge in [0.05, 0.1) is 10.5 Å². The fourth-order valence-electron chi connectivity index (χ4n) is 2.48. The molecule has 166 valence electrons. The van der Waals surface area contributed by atoms with Crippen LogP contribution < -0.4 is 9.61 Å². The number of phenols is 2. The average molecular weight is 514 g/mol. The Morgan fingerprint density at radius 3 is 2.55 bits per heavy atom. The van der Waals surface area contributed by atoms with Gasteiger partial charge in [-0.05, 0) is 74.1 Å².